The zero-order valence-corrected chi connectivity index (χ0v) is 15.2. The first-order chi connectivity index (χ1) is 12.5. The first-order valence-corrected chi connectivity index (χ1v) is 9.48. The Hall–Kier alpha value is -2.17. The molecule has 1 aliphatic heterocycles. The fraction of sp³-hybridized carbons (Fsp3) is 0.571. The first-order valence-electron chi connectivity index (χ1n) is 9.48. The van der Waals surface area contributed by atoms with Crippen LogP contribution in [0.25, 0.3) is 0 Å². The second-order valence-corrected chi connectivity index (χ2v) is 8.01. The van der Waals surface area contributed by atoms with E-state index in [0.717, 1.165) is 24.9 Å². The number of likely N-dealkylation sites (tertiary alicyclic amines) is 1. The van der Waals surface area contributed by atoms with Crippen molar-refractivity contribution in [2.45, 2.75) is 43.9 Å². The van der Waals surface area contributed by atoms with Crippen LogP contribution in [0.3, 0.4) is 0 Å². The highest BCUT2D eigenvalue weighted by Crippen LogP contribution is 2.57. The van der Waals surface area contributed by atoms with E-state index in [1.807, 2.05) is 35.2 Å². The van der Waals surface area contributed by atoms with Gasteiger partial charge in [-0.3, -0.25) is 14.4 Å². The monoisotopic (exact) mass is 355 g/mol. The Morgan fingerprint density at radius 2 is 1.92 bits per heavy atom. The molecule has 5 nitrogen and oxygen atoms in total. The molecule has 0 bridgehead atoms. The molecule has 2 aliphatic carbocycles. The third-order valence-corrected chi connectivity index (χ3v) is 6.59. The highest BCUT2D eigenvalue weighted by Gasteiger charge is 2.68. The van der Waals surface area contributed by atoms with E-state index in [9.17, 15) is 14.4 Å². The van der Waals surface area contributed by atoms with Crippen molar-refractivity contribution in [2.75, 3.05) is 20.2 Å². The first kappa shape index (κ1) is 17.3. The molecule has 138 valence electrons. The number of carbonyl (C=O) groups excluding carboxylic acids is 3. The minimum Gasteiger partial charge on any atom is -0.468 e. The molecule has 2 atom stereocenters. The summed E-state index contributed by atoms with van der Waals surface area (Å²) in [6.45, 7) is 1.31. The summed E-state index contributed by atoms with van der Waals surface area (Å²) in [5.41, 5.74) is -1.18. The van der Waals surface area contributed by atoms with Crippen LogP contribution in [0, 0.1) is 11.3 Å². The van der Waals surface area contributed by atoms with Crippen molar-refractivity contribution in [3.05, 3.63) is 35.9 Å². The molecule has 1 heterocycles. The molecule has 1 aromatic rings. The number of fused-ring (bicyclic) bond motifs is 1. The van der Waals surface area contributed by atoms with Crippen molar-refractivity contribution in [3.8, 4) is 0 Å². The molecular weight excluding hydrogens is 330 g/mol. The molecule has 1 aromatic carbocycles. The molecule has 0 radical (unpaired) electrons. The topological polar surface area (TPSA) is 63.7 Å². The zero-order valence-electron chi connectivity index (χ0n) is 15.2. The molecule has 2 saturated carbocycles. The average molecular weight is 355 g/mol. The zero-order chi connectivity index (χ0) is 18.4. The molecular formula is C21H25NO4. The Balaban J connectivity index is 1.85. The third kappa shape index (κ3) is 2.40. The van der Waals surface area contributed by atoms with Gasteiger partial charge < -0.3 is 9.64 Å². The number of esters is 1. The van der Waals surface area contributed by atoms with E-state index in [4.69, 9.17) is 4.74 Å². The van der Waals surface area contributed by atoms with E-state index >= 15 is 0 Å². The van der Waals surface area contributed by atoms with E-state index in [1.54, 1.807) is 0 Å². The maximum atomic E-state index is 13.6. The second kappa shape index (κ2) is 6.22. The van der Waals surface area contributed by atoms with Crippen LogP contribution in [0.4, 0.5) is 0 Å². The van der Waals surface area contributed by atoms with Gasteiger partial charge in [0.15, 0.2) is 5.41 Å². The molecule has 5 heteroatoms. The number of ketones is 1. The van der Waals surface area contributed by atoms with E-state index in [0.29, 0.717) is 18.9 Å². The Kier molecular flexibility index (Phi) is 4.13. The summed E-state index contributed by atoms with van der Waals surface area (Å²) >= 11 is 0. The quantitative estimate of drug-likeness (QED) is 0.615. The van der Waals surface area contributed by atoms with E-state index < -0.39 is 16.8 Å². The molecule has 0 unspecified atom stereocenters. The Morgan fingerprint density at radius 1 is 1.19 bits per heavy atom. The summed E-state index contributed by atoms with van der Waals surface area (Å²) in [6, 6.07) is 9.62. The van der Waals surface area contributed by atoms with E-state index in [1.165, 1.54) is 7.11 Å². The molecule has 26 heavy (non-hydrogen) atoms. The van der Waals surface area contributed by atoms with Crippen molar-refractivity contribution in [1.82, 2.24) is 4.90 Å². The number of carbonyl (C=O) groups is 3. The number of rotatable bonds is 4. The van der Waals surface area contributed by atoms with Gasteiger partial charge >= 0.3 is 5.97 Å². The summed E-state index contributed by atoms with van der Waals surface area (Å²) in [5.74, 6) is 0.0538. The summed E-state index contributed by atoms with van der Waals surface area (Å²) in [6.07, 6.45) is 3.65. The van der Waals surface area contributed by atoms with Crippen LogP contribution in [0.2, 0.25) is 0 Å². The summed E-state index contributed by atoms with van der Waals surface area (Å²) in [4.78, 5) is 41.0. The number of piperidine rings is 1. The Labute approximate surface area is 153 Å². The lowest BCUT2D eigenvalue weighted by Crippen LogP contribution is -2.67. The van der Waals surface area contributed by atoms with Crippen LogP contribution in [-0.4, -0.2) is 42.8 Å². The fourth-order valence-electron chi connectivity index (χ4n) is 5.05. The van der Waals surface area contributed by atoms with Crippen molar-refractivity contribution in [3.63, 3.8) is 0 Å². The van der Waals surface area contributed by atoms with Gasteiger partial charge in [0.05, 0.1) is 7.11 Å². The number of Topliss-reactive ketones (excluding diaryl/α,β-unsaturated/α-hetero) is 1. The Bertz CT molecular complexity index is 742. The van der Waals surface area contributed by atoms with Gasteiger partial charge in [0.1, 0.15) is 5.78 Å². The molecule has 0 aromatic heterocycles. The number of hydrogen-bond acceptors (Lipinski definition) is 4. The largest absolute Gasteiger partial charge is 0.468 e. The average Bonchev–Trinajstić information content (AvgIpc) is 3.48. The van der Waals surface area contributed by atoms with Gasteiger partial charge in [-0.25, -0.2) is 0 Å². The number of methoxy groups -OCH3 is 1. The highest BCUT2D eigenvalue weighted by atomic mass is 16.5. The van der Waals surface area contributed by atoms with Crippen LogP contribution < -0.4 is 0 Å². The number of ether oxygens (including phenoxy) is 1. The lowest BCUT2D eigenvalue weighted by Gasteiger charge is -2.55. The maximum Gasteiger partial charge on any atom is 0.322 e. The van der Waals surface area contributed by atoms with Gasteiger partial charge in [0.25, 0.3) is 0 Å². The highest BCUT2D eigenvalue weighted by molar-refractivity contribution is 6.07. The minimum atomic E-state index is -1.29. The molecule has 3 aliphatic rings. The van der Waals surface area contributed by atoms with Crippen LogP contribution in [-0.2, 0) is 24.5 Å². The van der Waals surface area contributed by atoms with Crippen molar-refractivity contribution >= 4 is 17.7 Å². The number of benzene rings is 1. The van der Waals surface area contributed by atoms with Crippen LogP contribution in [0.1, 0.15) is 44.1 Å². The maximum absolute atomic E-state index is 13.6. The number of nitrogens with zero attached hydrogens (tertiary/aromatic N) is 1. The van der Waals surface area contributed by atoms with Gasteiger partial charge in [-0.1, -0.05) is 30.3 Å². The normalized spacial score (nSPS) is 31.5. The van der Waals surface area contributed by atoms with Gasteiger partial charge in [-0.05, 0) is 37.2 Å². The lowest BCUT2D eigenvalue weighted by molar-refractivity contribution is -0.179. The van der Waals surface area contributed by atoms with Crippen molar-refractivity contribution in [2.24, 2.45) is 11.3 Å². The standard InChI is InChI=1S/C21H25NO4/c1-26-19(25)21-10-9-17(23)13-20(21,16-5-3-2-4-6-16)11-12-22(18(21)24)14-15-7-8-15/h2-6,15H,7-14H2,1H3/t20-,21-/m0/s1. The van der Waals surface area contributed by atoms with Gasteiger partial charge in [0.2, 0.25) is 5.91 Å². The summed E-state index contributed by atoms with van der Waals surface area (Å²) in [5, 5.41) is 0. The lowest BCUT2D eigenvalue weighted by atomic mass is 9.49. The number of amides is 1. The predicted octanol–water partition coefficient (Wildman–Crippen LogP) is 2.48. The van der Waals surface area contributed by atoms with Crippen LogP contribution in [0.5, 0.6) is 0 Å². The second-order valence-electron chi connectivity index (χ2n) is 8.01. The van der Waals surface area contributed by atoms with Crippen LogP contribution >= 0.6 is 0 Å². The number of hydrogen-bond donors (Lipinski definition) is 0. The molecule has 0 N–H and O–H groups in total. The van der Waals surface area contributed by atoms with Crippen LogP contribution in [0.15, 0.2) is 30.3 Å². The summed E-state index contributed by atoms with van der Waals surface area (Å²) in [7, 11) is 1.34. The van der Waals surface area contributed by atoms with Crippen molar-refractivity contribution in [1.29, 1.82) is 0 Å². The SMILES string of the molecule is COC(=O)[C@@]12CCC(=O)C[C@]1(c1ccccc1)CCN(CC1CC1)C2=O. The fourth-order valence-corrected chi connectivity index (χ4v) is 5.05. The van der Waals surface area contributed by atoms with Gasteiger partial charge in [-0.15, -0.1) is 0 Å². The van der Waals surface area contributed by atoms with E-state index in [2.05, 4.69) is 0 Å². The smallest absolute Gasteiger partial charge is 0.322 e. The summed E-state index contributed by atoms with van der Waals surface area (Å²) < 4.78 is 5.17. The molecule has 1 saturated heterocycles. The molecule has 0 spiro atoms. The van der Waals surface area contributed by atoms with Gasteiger partial charge in [0, 0.05) is 31.3 Å². The molecule has 1 amide bonds. The van der Waals surface area contributed by atoms with E-state index in [-0.39, 0.29) is 31.0 Å². The molecule has 3 fully saturated rings. The third-order valence-electron chi connectivity index (χ3n) is 6.59. The van der Waals surface area contributed by atoms with Crippen molar-refractivity contribution < 1.29 is 19.1 Å². The Morgan fingerprint density at radius 3 is 2.58 bits per heavy atom. The molecule has 4 rings (SSSR count). The predicted molar refractivity (Wildman–Crippen MR) is 95.3 cm³/mol. The van der Waals surface area contributed by atoms with Gasteiger partial charge in [-0.2, -0.15) is 0 Å². The minimum absolute atomic E-state index is 0.122.